The molecule has 0 spiro atoms. The van der Waals surface area contributed by atoms with Crippen LogP contribution in [-0.4, -0.2) is 157 Å². The van der Waals surface area contributed by atoms with Crippen LogP contribution in [-0.2, 0) is 66.8 Å². The second kappa shape index (κ2) is 37.4. The number of carbonyl (C=O) groups is 8. The van der Waals surface area contributed by atoms with E-state index >= 15 is 0 Å². The van der Waals surface area contributed by atoms with Crippen molar-refractivity contribution in [2.75, 3.05) is 66.1 Å². The summed E-state index contributed by atoms with van der Waals surface area (Å²) in [7, 11) is 0. The maximum atomic E-state index is 12.7. The van der Waals surface area contributed by atoms with E-state index in [0.29, 0.717) is 12.8 Å². The molecule has 0 aromatic rings. The Morgan fingerprint density at radius 3 is 1.04 bits per heavy atom. The molecule has 22 heteroatoms. The number of carboxylic acid groups (broad SMARTS) is 4. The molecule has 0 heterocycles. The van der Waals surface area contributed by atoms with Gasteiger partial charge in [-0.25, -0.2) is 0 Å². The molecule has 394 valence electrons. The van der Waals surface area contributed by atoms with Crippen molar-refractivity contribution in [1.82, 2.24) is 0 Å². The van der Waals surface area contributed by atoms with Crippen molar-refractivity contribution >= 4 is 47.8 Å². The molecule has 0 aliphatic rings. The molecule has 0 bridgehead atoms. The number of aliphatic hydroxyl groups excluding tert-OH is 4. The molecule has 0 aromatic carbocycles. The fourth-order valence-corrected chi connectivity index (χ4v) is 7.09. The molecule has 68 heavy (non-hydrogen) atoms. The van der Waals surface area contributed by atoms with Crippen molar-refractivity contribution in [3.63, 3.8) is 0 Å². The lowest BCUT2D eigenvalue weighted by Gasteiger charge is -2.22. The van der Waals surface area contributed by atoms with Gasteiger partial charge in [-0.1, -0.05) is 27.7 Å². The van der Waals surface area contributed by atoms with Crippen molar-refractivity contribution in [3.05, 3.63) is 0 Å². The van der Waals surface area contributed by atoms with E-state index in [4.69, 9.17) is 38.6 Å². The zero-order valence-corrected chi connectivity index (χ0v) is 40.0. The summed E-state index contributed by atoms with van der Waals surface area (Å²) in [4.78, 5) is 96.7. The average Bonchev–Trinajstić information content (AvgIpc) is 3.29. The van der Waals surface area contributed by atoms with Gasteiger partial charge in [-0.3, -0.25) is 28.8 Å². The van der Waals surface area contributed by atoms with E-state index in [-0.39, 0.29) is 130 Å². The van der Waals surface area contributed by atoms with E-state index in [9.17, 15) is 69.0 Å². The molecule has 0 radical (unpaired) electrons. The third-order valence-corrected chi connectivity index (χ3v) is 11.7. The first-order valence-electron chi connectivity index (χ1n) is 23.5. The first-order chi connectivity index (χ1) is 32.2. The van der Waals surface area contributed by atoms with Gasteiger partial charge in [0.1, 0.15) is 38.6 Å². The minimum Gasteiger partial charge on any atom is -0.550 e. The number of esters is 4. The third-order valence-electron chi connectivity index (χ3n) is 11.7. The van der Waals surface area contributed by atoms with E-state index in [2.05, 4.69) is 0 Å². The van der Waals surface area contributed by atoms with Crippen molar-refractivity contribution < 1.29 is 108 Å². The second-order valence-corrected chi connectivity index (χ2v) is 17.1. The molecule has 6 N–H and O–H groups in total. The first kappa shape index (κ1) is 63.5. The highest BCUT2D eigenvalue weighted by molar-refractivity contribution is 5.75. The van der Waals surface area contributed by atoms with Crippen molar-refractivity contribution in [3.8, 4) is 0 Å². The summed E-state index contributed by atoms with van der Waals surface area (Å²) in [5.41, 5.74) is 0. The van der Waals surface area contributed by atoms with Gasteiger partial charge in [-0.05, 0) is 102 Å². The summed E-state index contributed by atoms with van der Waals surface area (Å²) in [6.45, 7) is 4.14. The topological polar surface area (TPSA) is 359 Å². The quantitative estimate of drug-likeness (QED) is 0.0267. The molecule has 10 unspecified atom stereocenters. The van der Waals surface area contributed by atoms with Crippen LogP contribution < -0.4 is 10.2 Å². The Morgan fingerprint density at radius 1 is 0.412 bits per heavy atom. The van der Waals surface area contributed by atoms with E-state index < -0.39 is 121 Å². The minimum absolute atomic E-state index is 0.00391. The number of hydrogen-bond acceptors (Lipinski definition) is 20. The van der Waals surface area contributed by atoms with Gasteiger partial charge in [-0.2, -0.15) is 0 Å². The smallest absolute Gasteiger partial charge is 0.309 e. The fraction of sp³-hybridized carbons (Fsp3) is 0.826. The Labute approximate surface area is 397 Å². The zero-order valence-electron chi connectivity index (χ0n) is 40.0. The monoisotopic (exact) mass is 980 g/mol. The van der Waals surface area contributed by atoms with E-state index in [1.165, 1.54) is 6.92 Å². The van der Waals surface area contributed by atoms with Gasteiger partial charge in [0.15, 0.2) is 0 Å². The summed E-state index contributed by atoms with van der Waals surface area (Å²) in [5, 5.41) is 81.1. The molecule has 0 saturated heterocycles. The maximum Gasteiger partial charge on any atom is 0.309 e. The van der Waals surface area contributed by atoms with Gasteiger partial charge in [0, 0.05) is 11.9 Å². The lowest BCUT2D eigenvalue weighted by Crippen LogP contribution is -2.33. The predicted molar refractivity (Wildman–Crippen MR) is 232 cm³/mol. The number of carboxylic acids is 4. The Hall–Kier alpha value is -4.48. The number of ether oxygens (including phenoxy) is 6. The standard InChI is InChI=1S/C46H78O22/c1-5-31(45(61)66-22-20-48)11-13-35(41(55)56)17-16-34(40(53)54)10-8-30(4)44(60)67-27-37(49)25-63-23-24-64-26-38(50)28-68-46(62)32(6-2)12-14-36(42(57)58)18-15-33(39(51)52)9-7-29(3)43(59)65-21-19-47/h29-38,47-50H,5-28H2,1-4H3,(H,51,52)(H,53,54)(H,55,56)(H,57,58)/p-2. The molecular weight excluding hydrogens is 904 g/mol. The molecule has 0 aliphatic carbocycles. The number of rotatable bonds is 43. The Kier molecular flexibility index (Phi) is 35.0. The summed E-state index contributed by atoms with van der Waals surface area (Å²) in [6.07, 6.45) is -0.947. The van der Waals surface area contributed by atoms with Crippen molar-refractivity contribution in [2.45, 2.75) is 130 Å². The van der Waals surface area contributed by atoms with Gasteiger partial charge in [0.25, 0.3) is 0 Å². The van der Waals surface area contributed by atoms with Crippen LogP contribution in [0, 0.1) is 47.3 Å². The van der Waals surface area contributed by atoms with Crippen LogP contribution in [0.4, 0.5) is 0 Å². The minimum atomic E-state index is -1.39. The highest BCUT2D eigenvalue weighted by atomic mass is 16.6. The first-order valence-corrected chi connectivity index (χ1v) is 23.5. The average molecular weight is 981 g/mol. The van der Waals surface area contributed by atoms with Crippen molar-refractivity contribution in [2.24, 2.45) is 47.3 Å². The second-order valence-electron chi connectivity index (χ2n) is 17.1. The normalized spacial score (nSPS) is 15.8. The lowest BCUT2D eigenvalue weighted by atomic mass is 9.86. The van der Waals surface area contributed by atoms with Crippen LogP contribution in [0.2, 0.25) is 0 Å². The van der Waals surface area contributed by atoms with Crippen LogP contribution >= 0.6 is 0 Å². The Morgan fingerprint density at radius 2 is 0.706 bits per heavy atom. The van der Waals surface area contributed by atoms with E-state index in [1.807, 2.05) is 0 Å². The maximum absolute atomic E-state index is 12.7. The number of carbonyl (C=O) groups excluding carboxylic acids is 6. The Balaban J connectivity index is 4.56. The van der Waals surface area contributed by atoms with Gasteiger partial charge in [0.05, 0.1) is 75.1 Å². The van der Waals surface area contributed by atoms with Gasteiger partial charge in [-0.15, -0.1) is 0 Å². The molecule has 0 rings (SSSR count). The summed E-state index contributed by atoms with van der Waals surface area (Å²) in [5.74, 6) is -14.1. The predicted octanol–water partition coefficient (Wildman–Crippen LogP) is 0.0384. The van der Waals surface area contributed by atoms with E-state index in [0.717, 1.165) is 0 Å². The zero-order chi connectivity index (χ0) is 51.6. The Bertz CT molecular complexity index is 1490. The molecule has 0 amide bonds. The van der Waals surface area contributed by atoms with E-state index in [1.54, 1.807) is 20.8 Å². The van der Waals surface area contributed by atoms with Crippen molar-refractivity contribution in [1.29, 1.82) is 0 Å². The molecule has 0 aromatic heterocycles. The molecular formula is C46H76O22-2. The van der Waals surface area contributed by atoms with Gasteiger partial charge < -0.3 is 78.9 Å². The number of aliphatic hydroxyl groups is 4. The molecule has 22 nitrogen and oxygen atoms in total. The summed E-state index contributed by atoms with van der Waals surface area (Å²) < 4.78 is 30.8. The highest BCUT2D eigenvalue weighted by Gasteiger charge is 2.28. The number of hydrogen-bond donors (Lipinski definition) is 6. The SMILES string of the molecule is CCC(CCC(CCC(CCC(C)C(=O)OCC(O)COCCOCC(O)COC(=O)C(CC)CCC(CCC(CCC(C)C(=O)OCCO)C(=O)[O-])C(=O)O)C(=O)[O-])C(=O)O)C(=O)OCCO. The van der Waals surface area contributed by atoms with Crippen LogP contribution in [0.15, 0.2) is 0 Å². The van der Waals surface area contributed by atoms with Gasteiger partial charge in [0.2, 0.25) is 0 Å². The molecule has 0 fully saturated rings. The summed E-state index contributed by atoms with van der Waals surface area (Å²) >= 11 is 0. The van der Waals surface area contributed by atoms with Crippen LogP contribution in [0.25, 0.3) is 0 Å². The van der Waals surface area contributed by atoms with Crippen LogP contribution in [0.5, 0.6) is 0 Å². The number of aliphatic carboxylic acids is 4. The molecule has 0 aliphatic heterocycles. The third kappa shape index (κ3) is 28.8. The fourth-order valence-electron chi connectivity index (χ4n) is 7.09. The lowest BCUT2D eigenvalue weighted by molar-refractivity contribution is -0.313. The van der Waals surface area contributed by atoms with Crippen LogP contribution in [0.1, 0.15) is 118 Å². The summed E-state index contributed by atoms with van der Waals surface area (Å²) in [6, 6.07) is 0. The highest BCUT2D eigenvalue weighted by Crippen LogP contribution is 2.27. The van der Waals surface area contributed by atoms with Crippen LogP contribution in [0.3, 0.4) is 0 Å². The largest absolute Gasteiger partial charge is 0.550 e. The van der Waals surface area contributed by atoms with Gasteiger partial charge >= 0.3 is 35.8 Å². The molecule has 10 atom stereocenters. The molecule has 0 saturated carbocycles.